The molecule has 1 amide bonds. The number of carbonyl (C=O) groups is 1. The van der Waals surface area contributed by atoms with Crippen LogP contribution in [0.1, 0.15) is 15.9 Å². The van der Waals surface area contributed by atoms with Crippen LogP contribution in [0.2, 0.25) is 0 Å². The molecule has 0 radical (unpaired) electrons. The summed E-state index contributed by atoms with van der Waals surface area (Å²) < 4.78 is -0.106. The Labute approximate surface area is 194 Å². The molecule has 2 aromatic rings. The lowest BCUT2D eigenvalue weighted by Crippen LogP contribution is -2.56. The quantitative estimate of drug-likeness (QED) is 0.241. The minimum atomic E-state index is -1.83. The number of carbonyl (C=O) groups excluding carboxylic acids is 1. The topological polar surface area (TPSA) is 53.2 Å². The average Bonchev–Trinajstić information content (AvgIpc) is 2.57. The molecule has 2 aromatic carbocycles. The number of halogens is 5. The van der Waals surface area contributed by atoms with Gasteiger partial charge in [-0.05, 0) is 64.9 Å². The summed E-state index contributed by atoms with van der Waals surface area (Å²) in [7, 11) is 0. The van der Waals surface area contributed by atoms with E-state index >= 15 is 0 Å². The highest BCUT2D eigenvalue weighted by molar-refractivity contribution is 9.11. The maximum absolute atomic E-state index is 12.4. The van der Waals surface area contributed by atoms with E-state index in [1.54, 1.807) is 30.3 Å². The second-order valence-corrected chi connectivity index (χ2v) is 10.0. The van der Waals surface area contributed by atoms with Gasteiger partial charge in [-0.25, -0.2) is 0 Å². The molecule has 0 aliphatic rings. The first kappa shape index (κ1) is 22.7. The molecule has 0 heterocycles. The van der Waals surface area contributed by atoms with Crippen LogP contribution in [-0.2, 0) is 0 Å². The Hall–Kier alpha value is -0.570. The molecule has 0 saturated heterocycles. The van der Waals surface area contributed by atoms with E-state index in [1.807, 2.05) is 19.1 Å². The lowest BCUT2D eigenvalue weighted by atomic mass is 10.2. The molecule has 10 heteroatoms. The van der Waals surface area contributed by atoms with Crippen molar-refractivity contribution in [3.63, 3.8) is 0 Å². The first-order chi connectivity index (χ1) is 12.6. The Morgan fingerprint density at radius 1 is 1.11 bits per heavy atom. The van der Waals surface area contributed by atoms with E-state index in [9.17, 15) is 4.79 Å². The van der Waals surface area contributed by atoms with Crippen molar-refractivity contribution in [3.05, 3.63) is 62.5 Å². The zero-order valence-corrected chi connectivity index (χ0v) is 20.1. The predicted molar refractivity (Wildman–Crippen MR) is 124 cm³/mol. The van der Waals surface area contributed by atoms with Gasteiger partial charge in [0.2, 0.25) is 3.79 Å². The van der Waals surface area contributed by atoms with Gasteiger partial charge in [-0.15, -0.1) is 0 Å². The summed E-state index contributed by atoms with van der Waals surface area (Å²) in [6.07, 6.45) is -1.05. The van der Waals surface area contributed by atoms with Gasteiger partial charge in [-0.1, -0.05) is 68.9 Å². The normalized spacial score (nSPS) is 12.2. The van der Waals surface area contributed by atoms with E-state index in [2.05, 4.69) is 47.8 Å². The van der Waals surface area contributed by atoms with Crippen LogP contribution in [0.3, 0.4) is 0 Å². The van der Waals surface area contributed by atoms with Crippen LogP contribution in [0.15, 0.2) is 51.4 Å². The summed E-state index contributed by atoms with van der Waals surface area (Å²) in [5.74, 6) is -0.400. The minimum absolute atomic E-state index is 0.186. The molecule has 4 nitrogen and oxygen atoms in total. The first-order valence-electron chi connectivity index (χ1n) is 7.53. The third kappa shape index (κ3) is 6.76. The van der Waals surface area contributed by atoms with Crippen molar-refractivity contribution >= 4 is 95.6 Å². The van der Waals surface area contributed by atoms with Gasteiger partial charge in [0.15, 0.2) is 5.11 Å². The molecule has 27 heavy (non-hydrogen) atoms. The molecule has 0 bridgehead atoms. The highest BCUT2D eigenvalue weighted by Crippen LogP contribution is 2.31. The largest absolute Gasteiger partial charge is 0.339 e. The molecular weight excluding hydrogens is 560 g/mol. The van der Waals surface area contributed by atoms with Gasteiger partial charge in [0, 0.05) is 14.5 Å². The smallest absolute Gasteiger partial charge is 0.252 e. The number of hydrogen-bond donors (Lipinski definition) is 3. The lowest BCUT2D eigenvalue weighted by Gasteiger charge is -2.28. The summed E-state index contributed by atoms with van der Waals surface area (Å²) in [5, 5.41) is 8.70. The van der Waals surface area contributed by atoms with Crippen molar-refractivity contribution < 1.29 is 4.79 Å². The number of benzene rings is 2. The van der Waals surface area contributed by atoms with Crippen LogP contribution < -0.4 is 16.0 Å². The monoisotopic (exact) mass is 571 g/mol. The highest BCUT2D eigenvalue weighted by atomic mass is 79.9. The van der Waals surface area contributed by atoms with Crippen LogP contribution in [-0.4, -0.2) is 21.0 Å². The van der Waals surface area contributed by atoms with Crippen LogP contribution in [0.25, 0.3) is 0 Å². The molecule has 0 unspecified atom stereocenters. The Bertz CT molecular complexity index is 824. The van der Waals surface area contributed by atoms with E-state index in [4.69, 9.17) is 47.0 Å². The molecule has 144 valence electrons. The van der Waals surface area contributed by atoms with Gasteiger partial charge in [0.05, 0.1) is 5.69 Å². The van der Waals surface area contributed by atoms with Crippen molar-refractivity contribution in [1.82, 2.24) is 10.6 Å². The molecule has 2 rings (SSSR count). The second kappa shape index (κ2) is 9.76. The SMILES string of the molecule is Cc1cc(Br)cc(Br)c1NC(=S)N[C@@H](NC(=O)c1ccccc1)C(Cl)(Cl)Cl. The van der Waals surface area contributed by atoms with Crippen molar-refractivity contribution in [1.29, 1.82) is 0 Å². The van der Waals surface area contributed by atoms with Crippen LogP contribution in [0, 0.1) is 6.92 Å². The molecule has 0 saturated carbocycles. The Kier molecular flexibility index (Phi) is 8.21. The fraction of sp³-hybridized carbons (Fsp3) is 0.176. The first-order valence-corrected chi connectivity index (χ1v) is 10.7. The fourth-order valence-corrected chi connectivity index (χ4v) is 4.23. The maximum atomic E-state index is 12.4. The third-order valence-corrected chi connectivity index (χ3v) is 5.36. The van der Waals surface area contributed by atoms with E-state index in [0.717, 1.165) is 20.2 Å². The fourth-order valence-electron chi connectivity index (χ4n) is 2.14. The van der Waals surface area contributed by atoms with E-state index in [1.165, 1.54) is 0 Å². The summed E-state index contributed by atoms with van der Waals surface area (Å²) >= 11 is 30.3. The average molecular weight is 575 g/mol. The van der Waals surface area contributed by atoms with E-state index in [-0.39, 0.29) is 5.11 Å². The zero-order valence-electron chi connectivity index (χ0n) is 13.8. The Morgan fingerprint density at radius 2 is 1.74 bits per heavy atom. The van der Waals surface area contributed by atoms with Crippen LogP contribution in [0.5, 0.6) is 0 Å². The van der Waals surface area contributed by atoms with Gasteiger partial charge in [-0.3, -0.25) is 4.79 Å². The molecule has 0 aliphatic heterocycles. The van der Waals surface area contributed by atoms with Crippen molar-refractivity contribution in [2.24, 2.45) is 0 Å². The second-order valence-electron chi connectivity index (χ2n) is 5.49. The number of nitrogens with one attached hydrogen (secondary N) is 3. The highest BCUT2D eigenvalue weighted by Gasteiger charge is 2.35. The van der Waals surface area contributed by atoms with E-state index in [0.29, 0.717) is 5.56 Å². The predicted octanol–water partition coefficient (Wildman–Crippen LogP) is 5.93. The number of rotatable bonds is 4. The molecular formula is C17H14Br2Cl3N3OS. The van der Waals surface area contributed by atoms with Crippen LogP contribution >= 0.6 is 78.9 Å². The maximum Gasteiger partial charge on any atom is 0.252 e. The molecule has 0 aliphatic carbocycles. The standard InChI is InChI=1S/C17H14Br2Cl3N3OS/c1-9-7-11(18)8-12(19)13(9)23-16(27)25-15(17(20,21)22)24-14(26)10-5-3-2-4-6-10/h2-8,15H,1H3,(H,24,26)(H2,23,25,27)/t15-/m1/s1. The molecule has 3 N–H and O–H groups in total. The van der Waals surface area contributed by atoms with Gasteiger partial charge < -0.3 is 16.0 Å². The van der Waals surface area contributed by atoms with Crippen molar-refractivity contribution in [3.8, 4) is 0 Å². The van der Waals surface area contributed by atoms with Crippen molar-refractivity contribution in [2.75, 3.05) is 5.32 Å². The summed E-state index contributed by atoms with van der Waals surface area (Å²) in [6.45, 7) is 1.92. The minimum Gasteiger partial charge on any atom is -0.339 e. The number of amides is 1. The molecule has 0 aromatic heterocycles. The zero-order chi connectivity index (χ0) is 20.2. The Morgan fingerprint density at radius 3 is 2.30 bits per heavy atom. The van der Waals surface area contributed by atoms with Crippen molar-refractivity contribution in [2.45, 2.75) is 16.9 Å². The molecule has 1 atom stereocenters. The Balaban J connectivity index is 2.12. The number of thiocarbonyl (C=S) groups is 1. The molecule has 0 fully saturated rings. The number of aryl methyl sites for hydroxylation is 1. The number of anilines is 1. The summed E-state index contributed by atoms with van der Waals surface area (Å²) in [6, 6.07) is 12.4. The lowest BCUT2D eigenvalue weighted by molar-refractivity contribution is 0.0934. The van der Waals surface area contributed by atoms with Gasteiger partial charge >= 0.3 is 0 Å². The number of alkyl halides is 3. The third-order valence-electron chi connectivity index (χ3n) is 3.40. The van der Waals surface area contributed by atoms with Gasteiger partial charge in [-0.2, -0.15) is 0 Å². The molecule has 0 spiro atoms. The van der Waals surface area contributed by atoms with Crippen LogP contribution in [0.4, 0.5) is 5.69 Å². The summed E-state index contributed by atoms with van der Waals surface area (Å²) in [5.41, 5.74) is 2.14. The summed E-state index contributed by atoms with van der Waals surface area (Å²) in [4.78, 5) is 12.4. The van der Waals surface area contributed by atoms with Gasteiger partial charge in [0.1, 0.15) is 6.17 Å². The number of hydrogen-bond acceptors (Lipinski definition) is 2. The van der Waals surface area contributed by atoms with E-state index < -0.39 is 15.9 Å². The van der Waals surface area contributed by atoms with Gasteiger partial charge in [0.25, 0.3) is 5.91 Å².